The number of carbonyl (C=O) groups is 1. The third-order valence-corrected chi connectivity index (χ3v) is 2.90. The standard InChI is InChI=1S/C16H15FO/c1-12-5-4-6-13(11-12)9-10-16(18)14-7-2-3-8-15(14)17/h2-8,11H,9-10H2,1H3. The minimum atomic E-state index is -0.438. The molecule has 0 aromatic heterocycles. The summed E-state index contributed by atoms with van der Waals surface area (Å²) in [7, 11) is 0. The molecule has 0 aliphatic heterocycles. The van der Waals surface area contributed by atoms with Crippen LogP contribution in [0.2, 0.25) is 0 Å². The number of carbonyl (C=O) groups excluding carboxylic acids is 1. The van der Waals surface area contributed by atoms with E-state index >= 15 is 0 Å². The molecule has 0 amide bonds. The van der Waals surface area contributed by atoms with Gasteiger partial charge in [-0.25, -0.2) is 4.39 Å². The van der Waals surface area contributed by atoms with Gasteiger partial charge >= 0.3 is 0 Å². The topological polar surface area (TPSA) is 17.1 Å². The van der Waals surface area contributed by atoms with E-state index in [1.807, 2.05) is 25.1 Å². The summed E-state index contributed by atoms with van der Waals surface area (Å²) in [5, 5.41) is 0. The van der Waals surface area contributed by atoms with Crippen LogP contribution in [0.4, 0.5) is 4.39 Å². The van der Waals surface area contributed by atoms with E-state index < -0.39 is 5.82 Å². The van der Waals surface area contributed by atoms with Gasteiger partial charge in [-0.1, -0.05) is 42.0 Å². The Morgan fingerprint density at radius 1 is 1.11 bits per heavy atom. The smallest absolute Gasteiger partial charge is 0.166 e. The highest BCUT2D eigenvalue weighted by atomic mass is 19.1. The first kappa shape index (κ1) is 12.5. The summed E-state index contributed by atoms with van der Waals surface area (Å²) in [6.07, 6.45) is 0.985. The van der Waals surface area contributed by atoms with Gasteiger partial charge in [0.05, 0.1) is 5.56 Å². The van der Waals surface area contributed by atoms with Crippen molar-refractivity contribution in [2.24, 2.45) is 0 Å². The van der Waals surface area contributed by atoms with Crippen LogP contribution in [0.1, 0.15) is 27.9 Å². The van der Waals surface area contributed by atoms with Crippen LogP contribution in [-0.4, -0.2) is 5.78 Å². The number of hydrogen-bond acceptors (Lipinski definition) is 1. The minimum absolute atomic E-state index is 0.144. The molecule has 0 fully saturated rings. The van der Waals surface area contributed by atoms with Gasteiger partial charge < -0.3 is 0 Å². The van der Waals surface area contributed by atoms with Gasteiger partial charge in [0, 0.05) is 6.42 Å². The van der Waals surface area contributed by atoms with Crippen LogP contribution in [0.15, 0.2) is 48.5 Å². The van der Waals surface area contributed by atoms with Gasteiger partial charge in [0.1, 0.15) is 5.82 Å². The normalized spacial score (nSPS) is 10.3. The van der Waals surface area contributed by atoms with Crippen molar-refractivity contribution in [3.8, 4) is 0 Å². The summed E-state index contributed by atoms with van der Waals surface area (Å²) in [6.45, 7) is 2.02. The lowest BCUT2D eigenvalue weighted by molar-refractivity contribution is 0.0979. The highest BCUT2D eigenvalue weighted by molar-refractivity contribution is 5.96. The number of Topliss-reactive ketones (excluding diaryl/α,β-unsaturated/α-hetero) is 1. The van der Waals surface area contributed by atoms with E-state index in [2.05, 4.69) is 6.07 Å². The van der Waals surface area contributed by atoms with Gasteiger partial charge in [-0.05, 0) is 31.0 Å². The molecule has 0 unspecified atom stereocenters. The van der Waals surface area contributed by atoms with Crippen molar-refractivity contribution in [3.63, 3.8) is 0 Å². The molecule has 2 heteroatoms. The molecular weight excluding hydrogens is 227 g/mol. The van der Waals surface area contributed by atoms with Crippen LogP contribution in [0.5, 0.6) is 0 Å². The summed E-state index contributed by atoms with van der Waals surface area (Å²) in [5.41, 5.74) is 2.47. The fourth-order valence-corrected chi connectivity index (χ4v) is 1.95. The van der Waals surface area contributed by atoms with Crippen molar-refractivity contribution in [1.82, 2.24) is 0 Å². The van der Waals surface area contributed by atoms with Crippen molar-refractivity contribution in [2.75, 3.05) is 0 Å². The largest absolute Gasteiger partial charge is 0.294 e. The zero-order valence-electron chi connectivity index (χ0n) is 10.3. The summed E-state index contributed by atoms with van der Waals surface area (Å²) in [6, 6.07) is 14.2. The second-order valence-corrected chi connectivity index (χ2v) is 4.39. The molecule has 0 radical (unpaired) electrons. The summed E-state index contributed by atoms with van der Waals surface area (Å²) < 4.78 is 13.4. The van der Waals surface area contributed by atoms with Gasteiger partial charge in [-0.3, -0.25) is 4.79 Å². The lowest BCUT2D eigenvalue weighted by Crippen LogP contribution is -2.03. The Hall–Kier alpha value is -1.96. The van der Waals surface area contributed by atoms with Crippen molar-refractivity contribution in [1.29, 1.82) is 0 Å². The first-order valence-corrected chi connectivity index (χ1v) is 6.00. The molecular formula is C16H15FO. The lowest BCUT2D eigenvalue weighted by Gasteiger charge is -2.03. The Kier molecular flexibility index (Phi) is 3.88. The Labute approximate surface area is 106 Å². The van der Waals surface area contributed by atoms with Crippen LogP contribution >= 0.6 is 0 Å². The maximum Gasteiger partial charge on any atom is 0.166 e. The summed E-state index contributed by atoms with van der Waals surface area (Å²) in [4.78, 5) is 11.9. The predicted octanol–water partition coefficient (Wildman–Crippen LogP) is 3.95. The summed E-state index contributed by atoms with van der Waals surface area (Å²) in [5.74, 6) is -0.582. The zero-order valence-corrected chi connectivity index (χ0v) is 10.3. The Bertz CT molecular complexity index is 561. The number of halogens is 1. The van der Waals surface area contributed by atoms with E-state index in [1.165, 1.54) is 17.7 Å². The molecule has 2 aromatic rings. The van der Waals surface area contributed by atoms with E-state index in [1.54, 1.807) is 12.1 Å². The molecule has 0 N–H and O–H groups in total. The molecule has 0 heterocycles. The predicted molar refractivity (Wildman–Crippen MR) is 70.2 cm³/mol. The van der Waals surface area contributed by atoms with E-state index in [-0.39, 0.29) is 11.3 Å². The van der Waals surface area contributed by atoms with Gasteiger partial charge in [-0.2, -0.15) is 0 Å². The van der Waals surface area contributed by atoms with E-state index in [9.17, 15) is 9.18 Å². The molecule has 2 rings (SSSR count). The fourth-order valence-electron chi connectivity index (χ4n) is 1.95. The molecule has 0 bridgehead atoms. The number of aryl methyl sites for hydroxylation is 2. The van der Waals surface area contributed by atoms with Crippen molar-refractivity contribution >= 4 is 5.78 Å². The second kappa shape index (κ2) is 5.58. The molecule has 0 saturated carbocycles. The quantitative estimate of drug-likeness (QED) is 0.742. The Morgan fingerprint density at radius 3 is 2.61 bits per heavy atom. The molecule has 0 spiro atoms. The van der Waals surface area contributed by atoms with Crippen molar-refractivity contribution in [3.05, 3.63) is 71.0 Å². The molecule has 18 heavy (non-hydrogen) atoms. The fraction of sp³-hybridized carbons (Fsp3) is 0.188. The third kappa shape index (κ3) is 3.04. The van der Waals surface area contributed by atoms with Crippen molar-refractivity contribution in [2.45, 2.75) is 19.8 Å². The van der Waals surface area contributed by atoms with E-state index in [0.29, 0.717) is 12.8 Å². The van der Waals surface area contributed by atoms with Crippen LogP contribution < -0.4 is 0 Å². The van der Waals surface area contributed by atoms with Crippen LogP contribution in [0.25, 0.3) is 0 Å². The Morgan fingerprint density at radius 2 is 1.89 bits per heavy atom. The molecule has 2 aromatic carbocycles. The maximum atomic E-state index is 13.4. The molecule has 0 aliphatic carbocycles. The average Bonchev–Trinajstić information content (AvgIpc) is 2.37. The monoisotopic (exact) mass is 242 g/mol. The number of hydrogen-bond donors (Lipinski definition) is 0. The Balaban J connectivity index is 2.03. The van der Waals surface area contributed by atoms with Crippen LogP contribution in [-0.2, 0) is 6.42 Å². The third-order valence-electron chi connectivity index (χ3n) is 2.90. The van der Waals surface area contributed by atoms with Gasteiger partial charge in [0.25, 0.3) is 0 Å². The van der Waals surface area contributed by atoms with Gasteiger partial charge in [0.15, 0.2) is 5.78 Å². The van der Waals surface area contributed by atoms with E-state index in [4.69, 9.17) is 0 Å². The van der Waals surface area contributed by atoms with Crippen LogP contribution in [0, 0.1) is 12.7 Å². The number of rotatable bonds is 4. The SMILES string of the molecule is Cc1cccc(CCC(=O)c2ccccc2F)c1. The first-order valence-electron chi connectivity index (χ1n) is 6.00. The van der Waals surface area contributed by atoms with Crippen LogP contribution in [0.3, 0.4) is 0 Å². The van der Waals surface area contributed by atoms with Crippen molar-refractivity contribution < 1.29 is 9.18 Å². The molecule has 0 saturated heterocycles. The number of ketones is 1. The highest BCUT2D eigenvalue weighted by Gasteiger charge is 2.10. The zero-order chi connectivity index (χ0) is 13.0. The molecule has 0 aliphatic rings. The highest BCUT2D eigenvalue weighted by Crippen LogP contribution is 2.12. The summed E-state index contributed by atoms with van der Waals surface area (Å²) >= 11 is 0. The molecule has 92 valence electrons. The van der Waals surface area contributed by atoms with Gasteiger partial charge in [-0.15, -0.1) is 0 Å². The second-order valence-electron chi connectivity index (χ2n) is 4.39. The molecule has 1 nitrogen and oxygen atoms in total. The molecule has 0 atom stereocenters. The van der Waals surface area contributed by atoms with E-state index in [0.717, 1.165) is 5.56 Å². The maximum absolute atomic E-state index is 13.4. The average molecular weight is 242 g/mol. The minimum Gasteiger partial charge on any atom is -0.294 e. The lowest BCUT2D eigenvalue weighted by atomic mass is 10.0. The first-order chi connectivity index (χ1) is 8.66. The number of benzene rings is 2. The van der Waals surface area contributed by atoms with Gasteiger partial charge in [0.2, 0.25) is 0 Å².